The highest BCUT2D eigenvalue weighted by molar-refractivity contribution is 7.09. The zero-order valence-corrected chi connectivity index (χ0v) is 13.3. The lowest BCUT2D eigenvalue weighted by molar-refractivity contribution is -0.0365. The van der Waals surface area contributed by atoms with Gasteiger partial charge < -0.3 is 10.1 Å². The van der Waals surface area contributed by atoms with Crippen molar-refractivity contribution in [2.24, 2.45) is 5.41 Å². The minimum Gasteiger partial charge on any atom is -0.374 e. The maximum atomic E-state index is 6.14. The minimum atomic E-state index is 0.311. The van der Waals surface area contributed by atoms with Crippen LogP contribution in [0.5, 0.6) is 0 Å². The van der Waals surface area contributed by atoms with Crippen LogP contribution in [0.15, 0.2) is 17.5 Å². The van der Waals surface area contributed by atoms with Crippen molar-refractivity contribution in [2.75, 3.05) is 6.54 Å². The van der Waals surface area contributed by atoms with E-state index in [9.17, 15) is 0 Å². The molecule has 0 amide bonds. The van der Waals surface area contributed by atoms with Crippen LogP contribution in [-0.4, -0.2) is 18.8 Å². The molecule has 1 unspecified atom stereocenters. The van der Waals surface area contributed by atoms with Gasteiger partial charge in [-0.25, -0.2) is 0 Å². The predicted molar refractivity (Wildman–Crippen MR) is 82.6 cm³/mol. The summed E-state index contributed by atoms with van der Waals surface area (Å²) < 4.78 is 6.14. The van der Waals surface area contributed by atoms with Gasteiger partial charge >= 0.3 is 0 Å². The Morgan fingerprint density at radius 1 is 1.42 bits per heavy atom. The Morgan fingerprint density at radius 2 is 2.16 bits per heavy atom. The van der Waals surface area contributed by atoms with Gasteiger partial charge in [0.15, 0.2) is 0 Å². The van der Waals surface area contributed by atoms with E-state index in [1.165, 1.54) is 30.6 Å². The van der Waals surface area contributed by atoms with Crippen molar-refractivity contribution in [3.63, 3.8) is 0 Å². The third-order valence-electron chi connectivity index (χ3n) is 4.02. The van der Waals surface area contributed by atoms with Crippen LogP contribution in [-0.2, 0) is 11.3 Å². The van der Waals surface area contributed by atoms with E-state index >= 15 is 0 Å². The van der Waals surface area contributed by atoms with Crippen molar-refractivity contribution in [3.05, 3.63) is 22.4 Å². The summed E-state index contributed by atoms with van der Waals surface area (Å²) in [5, 5.41) is 5.60. The molecule has 19 heavy (non-hydrogen) atoms. The van der Waals surface area contributed by atoms with E-state index in [0.29, 0.717) is 17.6 Å². The summed E-state index contributed by atoms with van der Waals surface area (Å²) in [5.74, 6) is 0. The normalized spacial score (nSPS) is 21.4. The van der Waals surface area contributed by atoms with Gasteiger partial charge in [-0.1, -0.05) is 19.9 Å². The van der Waals surface area contributed by atoms with E-state index in [4.69, 9.17) is 4.74 Å². The standard InChI is InChI=1S/C16H27NOS/c1-13(11-17-12-15-5-4-10-19-15)18-14-6-8-16(2,3)9-7-14/h4-5,10,13-14,17H,6-9,11-12H2,1-3H3. The largest absolute Gasteiger partial charge is 0.374 e. The van der Waals surface area contributed by atoms with Gasteiger partial charge in [0.1, 0.15) is 0 Å². The van der Waals surface area contributed by atoms with Gasteiger partial charge in [-0.3, -0.25) is 0 Å². The molecular weight excluding hydrogens is 254 g/mol. The lowest BCUT2D eigenvalue weighted by Crippen LogP contribution is -2.33. The first kappa shape index (κ1) is 15.0. The molecule has 1 atom stereocenters. The van der Waals surface area contributed by atoms with E-state index < -0.39 is 0 Å². The fourth-order valence-corrected chi connectivity index (χ4v) is 3.37. The number of hydrogen-bond donors (Lipinski definition) is 1. The fourth-order valence-electron chi connectivity index (χ4n) is 2.70. The lowest BCUT2D eigenvalue weighted by atomic mass is 9.76. The van der Waals surface area contributed by atoms with Crippen molar-refractivity contribution < 1.29 is 4.74 Å². The highest BCUT2D eigenvalue weighted by atomic mass is 32.1. The van der Waals surface area contributed by atoms with Crippen molar-refractivity contribution in [1.82, 2.24) is 5.32 Å². The van der Waals surface area contributed by atoms with E-state index in [1.807, 2.05) is 0 Å². The zero-order chi connectivity index (χ0) is 13.7. The molecule has 1 heterocycles. The molecule has 1 N–H and O–H groups in total. The number of rotatable bonds is 6. The second kappa shape index (κ2) is 6.87. The fraction of sp³-hybridized carbons (Fsp3) is 0.750. The molecule has 1 fully saturated rings. The zero-order valence-electron chi connectivity index (χ0n) is 12.4. The molecule has 0 bridgehead atoms. The molecule has 1 aromatic heterocycles. The predicted octanol–water partition coefficient (Wildman–Crippen LogP) is 4.21. The molecule has 0 aliphatic heterocycles. The Morgan fingerprint density at radius 3 is 2.79 bits per heavy atom. The average molecular weight is 281 g/mol. The van der Waals surface area contributed by atoms with Crippen LogP contribution in [0.1, 0.15) is 51.3 Å². The summed E-state index contributed by atoms with van der Waals surface area (Å²) >= 11 is 1.81. The van der Waals surface area contributed by atoms with Crippen molar-refractivity contribution in [1.29, 1.82) is 0 Å². The van der Waals surface area contributed by atoms with Gasteiger partial charge in [0.25, 0.3) is 0 Å². The van der Waals surface area contributed by atoms with E-state index in [-0.39, 0.29) is 0 Å². The first-order valence-electron chi connectivity index (χ1n) is 7.44. The number of nitrogens with one attached hydrogen (secondary N) is 1. The summed E-state index contributed by atoms with van der Waals surface area (Å²) in [7, 11) is 0. The Kier molecular flexibility index (Phi) is 5.43. The van der Waals surface area contributed by atoms with Crippen molar-refractivity contribution >= 4 is 11.3 Å². The molecule has 0 spiro atoms. The molecule has 0 aromatic carbocycles. The Bertz CT molecular complexity index is 351. The van der Waals surface area contributed by atoms with Crippen LogP contribution in [0.25, 0.3) is 0 Å². The molecular formula is C16H27NOS. The van der Waals surface area contributed by atoms with Crippen LogP contribution in [0.3, 0.4) is 0 Å². The maximum Gasteiger partial charge on any atom is 0.0675 e. The molecule has 1 aromatic rings. The monoisotopic (exact) mass is 281 g/mol. The first-order chi connectivity index (χ1) is 9.05. The topological polar surface area (TPSA) is 21.3 Å². The minimum absolute atomic E-state index is 0.311. The Hall–Kier alpha value is -0.380. The van der Waals surface area contributed by atoms with Gasteiger partial charge in [-0.05, 0) is 49.5 Å². The van der Waals surface area contributed by atoms with Crippen LogP contribution in [0.2, 0.25) is 0 Å². The summed E-state index contributed by atoms with van der Waals surface area (Å²) in [6.45, 7) is 8.83. The summed E-state index contributed by atoms with van der Waals surface area (Å²) in [6, 6.07) is 4.28. The van der Waals surface area contributed by atoms with Crippen LogP contribution < -0.4 is 5.32 Å². The molecule has 108 valence electrons. The van der Waals surface area contributed by atoms with Crippen LogP contribution >= 0.6 is 11.3 Å². The molecule has 3 heteroatoms. The molecule has 1 aliphatic rings. The summed E-state index contributed by atoms with van der Waals surface area (Å²) in [5.41, 5.74) is 0.528. The Labute approximate surface area is 121 Å². The van der Waals surface area contributed by atoms with Crippen LogP contribution in [0, 0.1) is 5.41 Å². The van der Waals surface area contributed by atoms with Gasteiger partial charge in [-0.15, -0.1) is 11.3 Å². The van der Waals surface area contributed by atoms with Gasteiger partial charge in [0.05, 0.1) is 12.2 Å². The lowest BCUT2D eigenvalue weighted by Gasteiger charge is -2.35. The summed E-state index contributed by atoms with van der Waals surface area (Å²) in [6.07, 6.45) is 5.84. The highest BCUT2D eigenvalue weighted by Crippen LogP contribution is 2.36. The number of ether oxygens (including phenoxy) is 1. The van der Waals surface area contributed by atoms with Gasteiger partial charge in [-0.2, -0.15) is 0 Å². The number of thiophene rings is 1. The highest BCUT2D eigenvalue weighted by Gasteiger charge is 2.27. The summed E-state index contributed by atoms with van der Waals surface area (Å²) in [4.78, 5) is 1.40. The van der Waals surface area contributed by atoms with E-state index in [2.05, 4.69) is 43.6 Å². The van der Waals surface area contributed by atoms with E-state index in [0.717, 1.165) is 13.1 Å². The SMILES string of the molecule is CC(CNCc1cccs1)OC1CCC(C)(C)CC1. The third-order valence-corrected chi connectivity index (χ3v) is 4.90. The Balaban J connectivity index is 1.60. The molecule has 2 rings (SSSR count). The molecule has 0 saturated heterocycles. The number of hydrogen-bond acceptors (Lipinski definition) is 3. The average Bonchev–Trinajstić information content (AvgIpc) is 2.85. The van der Waals surface area contributed by atoms with Crippen molar-refractivity contribution in [2.45, 2.75) is 65.2 Å². The third kappa shape index (κ3) is 5.25. The molecule has 2 nitrogen and oxygen atoms in total. The molecule has 1 aliphatic carbocycles. The second-order valence-corrected chi connectivity index (χ2v) is 7.55. The van der Waals surface area contributed by atoms with Crippen LogP contribution in [0.4, 0.5) is 0 Å². The van der Waals surface area contributed by atoms with Gasteiger partial charge in [0.2, 0.25) is 0 Å². The quantitative estimate of drug-likeness (QED) is 0.843. The molecule has 1 saturated carbocycles. The van der Waals surface area contributed by atoms with E-state index in [1.54, 1.807) is 11.3 Å². The van der Waals surface area contributed by atoms with Gasteiger partial charge in [0, 0.05) is 18.0 Å². The smallest absolute Gasteiger partial charge is 0.0675 e. The first-order valence-corrected chi connectivity index (χ1v) is 8.32. The molecule has 0 radical (unpaired) electrons. The maximum absolute atomic E-state index is 6.14. The second-order valence-electron chi connectivity index (χ2n) is 6.52. The van der Waals surface area contributed by atoms with Crippen molar-refractivity contribution in [3.8, 4) is 0 Å².